The van der Waals surface area contributed by atoms with E-state index in [9.17, 15) is 0 Å². The van der Waals surface area contributed by atoms with E-state index >= 15 is 0 Å². The highest BCUT2D eigenvalue weighted by atomic mass is 14.8. The molecule has 1 aromatic heterocycles. The lowest BCUT2D eigenvalue weighted by atomic mass is 9.86. The first-order valence-corrected chi connectivity index (χ1v) is 5.55. The summed E-state index contributed by atoms with van der Waals surface area (Å²) >= 11 is 0. The molecule has 0 unspecified atom stereocenters. The molecule has 2 rings (SSSR count). The number of pyridine rings is 1. The van der Waals surface area contributed by atoms with Gasteiger partial charge in [0.25, 0.3) is 0 Å². The summed E-state index contributed by atoms with van der Waals surface area (Å²) in [5, 5.41) is 1.17. The maximum absolute atomic E-state index is 5.80. The van der Waals surface area contributed by atoms with Crippen molar-refractivity contribution in [2.45, 2.75) is 33.1 Å². The molecule has 0 bridgehead atoms. The van der Waals surface area contributed by atoms with Gasteiger partial charge in [-0.05, 0) is 41.7 Å². The molecule has 1 aromatic carbocycles. The van der Waals surface area contributed by atoms with Crippen LogP contribution < -0.4 is 5.73 Å². The van der Waals surface area contributed by atoms with E-state index in [1.54, 1.807) is 0 Å². The predicted molar refractivity (Wildman–Crippen MR) is 69.6 cm³/mol. The van der Waals surface area contributed by atoms with Crippen molar-refractivity contribution < 1.29 is 0 Å². The third-order valence-electron chi connectivity index (χ3n) is 2.91. The van der Waals surface area contributed by atoms with Gasteiger partial charge in [-0.3, -0.25) is 0 Å². The molecule has 0 aliphatic heterocycles. The monoisotopic (exact) mass is 214 g/mol. The summed E-state index contributed by atoms with van der Waals surface area (Å²) in [6.07, 6.45) is 0. The van der Waals surface area contributed by atoms with Gasteiger partial charge in [0, 0.05) is 5.39 Å². The van der Waals surface area contributed by atoms with E-state index in [-0.39, 0.29) is 5.41 Å². The molecule has 0 spiro atoms. The van der Waals surface area contributed by atoms with Gasteiger partial charge >= 0.3 is 0 Å². The Bertz CT molecular complexity index is 536. The van der Waals surface area contributed by atoms with E-state index < -0.39 is 0 Å². The fraction of sp³-hybridized carbons (Fsp3) is 0.357. The Hall–Kier alpha value is -1.57. The summed E-state index contributed by atoms with van der Waals surface area (Å²) in [4.78, 5) is 4.38. The van der Waals surface area contributed by atoms with Crippen LogP contribution in [-0.4, -0.2) is 4.98 Å². The van der Waals surface area contributed by atoms with Crippen LogP contribution in [0.25, 0.3) is 10.9 Å². The Morgan fingerprint density at radius 1 is 1.12 bits per heavy atom. The van der Waals surface area contributed by atoms with Gasteiger partial charge in [0.2, 0.25) is 0 Å². The van der Waals surface area contributed by atoms with Crippen molar-refractivity contribution in [3.05, 3.63) is 35.4 Å². The van der Waals surface area contributed by atoms with Crippen LogP contribution in [0.3, 0.4) is 0 Å². The third-order valence-corrected chi connectivity index (χ3v) is 2.91. The Morgan fingerprint density at radius 3 is 2.44 bits per heavy atom. The number of hydrogen-bond acceptors (Lipinski definition) is 2. The second-order valence-electron chi connectivity index (χ2n) is 5.35. The zero-order valence-corrected chi connectivity index (χ0v) is 10.3. The van der Waals surface area contributed by atoms with Crippen LogP contribution in [0, 0.1) is 6.92 Å². The summed E-state index contributed by atoms with van der Waals surface area (Å²) in [5.74, 6) is 0.621. The molecular formula is C14H18N2. The lowest BCUT2D eigenvalue weighted by Crippen LogP contribution is -2.10. The molecule has 1 heterocycles. The lowest BCUT2D eigenvalue weighted by Gasteiger charge is -2.19. The number of nitrogen functional groups attached to an aromatic ring is 1. The first-order valence-electron chi connectivity index (χ1n) is 5.55. The molecule has 0 aliphatic rings. The minimum absolute atomic E-state index is 0.170. The summed E-state index contributed by atoms with van der Waals surface area (Å²) in [6.45, 7) is 8.63. The van der Waals surface area contributed by atoms with E-state index in [0.717, 1.165) is 11.1 Å². The van der Waals surface area contributed by atoms with Gasteiger partial charge in [-0.1, -0.05) is 26.8 Å². The van der Waals surface area contributed by atoms with Crippen LogP contribution in [0.1, 0.15) is 31.9 Å². The number of nitrogens with zero attached hydrogens (tertiary/aromatic N) is 1. The SMILES string of the molecule is Cc1cc2cc(C(C)(C)C)ccc2nc1N. The first kappa shape index (κ1) is 10.9. The van der Waals surface area contributed by atoms with Crippen LogP contribution in [-0.2, 0) is 5.41 Å². The zero-order chi connectivity index (χ0) is 11.9. The third kappa shape index (κ3) is 1.87. The molecule has 0 aliphatic carbocycles. The van der Waals surface area contributed by atoms with Crippen molar-refractivity contribution >= 4 is 16.7 Å². The smallest absolute Gasteiger partial charge is 0.127 e. The topological polar surface area (TPSA) is 38.9 Å². The molecule has 16 heavy (non-hydrogen) atoms. The maximum atomic E-state index is 5.80. The second kappa shape index (κ2) is 3.48. The molecule has 2 N–H and O–H groups in total. The van der Waals surface area contributed by atoms with E-state index in [2.05, 4.69) is 44.0 Å². The van der Waals surface area contributed by atoms with Crippen LogP contribution in [0.15, 0.2) is 24.3 Å². The minimum Gasteiger partial charge on any atom is -0.383 e. The molecule has 0 saturated heterocycles. The highest BCUT2D eigenvalue weighted by Crippen LogP contribution is 2.26. The Kier molecular flexibility index (Phi) is 2.38. The number of aromatic nitrogens is 1. The van der Waals surface area contributed by atoms with Gasteiger partial charge in [0.15, 0.2) is 0 Å². The number of benzene rings is 1. The van der Waals surface area contributed by atoms with Crippen molar-refractivity contribution in [1.29, 1.82) is 0 Å². The second-order valence-corrected chi connectivity index (χ2v) is 5.35. The van der Waals surface area contributed by atoms with Crippen LogP contribution in [0.2, 0.25) is 0 Å². The fourth-order valence-electron chi connectivity index (χ4n) is 1.76. The molecule has 0 saturated carbocycles. The molecule has 2 aromatic rings. The van der Waals surface area contributed by atoms with Crippen LogP contribution in [0.5, 0.6) is 0 Å². The lowest BCUT2D eigenvalue weighted by molar-refractivity contribution is 0.591. The van der Waals surface area contributed by atoms with Gasteiger partial charge < -0.3 is 5.73 Å². The van der Waals surface area contributed by atoms with E-state index in [4.69, 9.17) is 5.73 Å². The minimum atomic E-state index is 0.170. The number of aryl methyl sites for hydroxylation is 1. The average Bonchev–Trinajstić information content (AvgIpc) is 2.17. The molecular weight excluding hydrogens is 196 g/mol. The van der Waals surface area contributed by atoms with Crippen LogP contribution in [0.4, 0.5) is 5.82 Å². The van der Waals surface area contributed by atoms with E-state index in [1.165, 1.54) is 10.9 Å². The molecule has 2 heteroatoms. The van der Waals surface area contributed by atoms with Crippen molar-refractivity contribution in [3.8, 4) is 0 Å². The average molecular weight is 214 g/mol. The fourth-order valence-corrected chi connectivity index (χ4v) is 1.76. The zero-order valence-electron chi connectivity index (χ0n) is 10.3. The standard InChI is InChI=1S/C14H18N2/c1-9-7-10-8-11(14(2,3)4)5-6-12(10)16-13(9)15/h5-8H,1-4H3,(H2,15,16). The van der Waals surface area contributed by atoms with Crippen molar-refractivity contribution in [1.82, 2.24) is 4.98 Å². The van der Waals surface area contributed by atoms with Gasteiger partial charge in [-0.15, -0.1) is 0 Å². The van der Waals surface area contributed by atoms with Gasteiger partial charge in [-0.2, -0.15) is 0 Å². The molecule has 2 nitrogen and oxygen atoms in total. The van der Waals surface area contributed by atoms with E-state index in [0.29, 0.717) is 5.82 Å². The molecule has 84 valence electrons. The summed E-state index contributed by atoms with van der Waals surface area (Å²) in [7, 11) is 0. The molecule has 0 fully saturated rings. The summed E-state index contributed by atoms with van der Waals surface area (Å²) in [6, 6.07) is 8.48. The number of fused-ring (bicyclic) bond motifs is 1. The Morgan fingerprint density at radius 2 is 1.81 bits per heavy atom. The van der Waals surface area contributed by atoms with E-state index in [1.807, 2.05) is 13.0 Å². The Balaban J connectivity index is 2.67. The number of nitrogens with two attached hydrogens (primary N) is 1. The summed E-state index contributed by atoms with van der Waals surface area (Å²) < 4.78 is 0. The quantitative estimate of drug-likeness (QED) is 0.729. The molecule has 0 amide bonds. The normalized spacial score (nSPS) is 12.0. The largest absolute Gasteiger partial charge is 0.383 e. The number of hydrogen-bond donors (Lipinski definition) is 1. The van der Waals surface area contributed by atoms with Crippen molar-refractivity contribution in [2.24, 2.45) is 0 Å². The number of anilines is 1. The van der Waals surface area contributed by atoms with Crippen LogP contribution >= 0.6 is 0 Å². The first-order chi connectivity index (χ1) is 7.38. The van der Waals surface area contributed by atoms with Gasteiger partial charge in [0.05, 0.1) is 5.52 Å². The summed E-state index contributed by atoms with van der Waals surface area (Å²) in [5.41, 5.74) is 9.30. The maximum Gasteiger partial charge on any atom is 0.127 e. The Labute approximate surface area is 96.5 Å². The highest BCUT2D eigenvalue weighted by Gasteiger charge is 2.14. The molecule has 0 radical (unpaired) electrons. The van der Waals surface area contributed by atoms with Crippen molar-refractivity contribution in [2.75, 3.05) is 5.73 Å². The van der Waals surface area contributed by atoms with Crippen molar-refractivity contribution in [3.63, 3.8) is 0 Å². The highest BCUT2D eigenvalue weighted by molar-refractivity contribution is 5.82. The predicted octanol–water partition coefficient (Wildman–Crippen LogP) is 3.42. The molecule has 0 atom stereocenters. The van der Waals surface area contributed by atoms with Gasteiger partial charge in [0.1, 0.15) is 5.82 Å². The number of rotatable bonds is 0. The van der Waals surface area contributed by atoms with Gasteiger partial charge in [-0.25, -0.2) is 4.98 Å².